The number of allylic oxidation sites excluding steroid dienone is 1. The Kier molecular flexibility index (Phi) is 6.01. The molecule has 0 saturated carbocycles. The number of fused-ring (bicyclic) bond motifs is 1. The summed E-state index contributed by atoms with van der Waals surface area (Å²) in [6.45, 7) is 2.20. The van der Waals surface area contributed by atoms with Crippen LogP contribution in [0.2, 0.25) is 5.02 Å². The largest absolute Gasteiger partial charge is 0.460 e. The minimum Gasteiger partial charge on any atom is -0.460 e. The predicted molar refractivity (Wildman–Crippen MR) is 101 cm³/mol. The number of rotatable bonds is 5. The van der Waals surface area contributed by atoms with Crippen LogP contribution < -0.4 is 0 Å². The molecule has 6 nitrogen and oxygen atoms in total. The van der Waals surface area contributed by atoms with Gasteiger partial charge >= 0.3 is 5.97 Å². The van der Waals surface area contributed by atoms with Crippen molar-refractivity contribution in [3.8, 4) is 0 Å². The molecule has 1 atom stereocenters. The minimum absolute atomic E-state index is 0.0582. The molecule has 2 heterocycles. The number of hydrogen-bond donors (Lipinski definition) is 0. The van der Waals surface area contributed by atoms with Crippen molar-refractivity contribution in [3.63, 3.8) is 0 Å². The fourth-order valence-corrected chi connectivity index (χ4v) is 4.05. The number of carbonyl (C=O) groups excluding carboxylic acids is 2. The molecule has 2 aliphatic rings. The third-order valence-corrected chi connectivity index (χ3v) is 5.34. The molecule has 0 spiro atoms. The van der Waals surface area contributed by atoms with Crippen molar-refractivity contribution in [2.45, 2.75) is 19.4 Å². The van der Waals surface area contributed by atoms with E-state index in [1.807, 2.05) is 12.1 Å². The van der Waals surface area contributed by atoms with Crippen molar-refractivity contribution >= 4 is 40.4 Å². The molecule has 0 bridgehead atoms. The SMILES string of the molecule is COCCOC(=O)C1=C(C)N=C2SCCC(=O)N2[C@@H]1c1ccc(Cl)cc1. The number of amidine groups is 1. The summed E-state index contributed by atoms with van der Waals surface area (Å²) in [6, 6.07) is 6.55. The number of methoxy groups -OCH3 is 1. The average molecular weight is 395 g/mol. The molecule has 1 fully saturated rings. The van der Waals surface area contributed by atoms with Crippen LogP contribution in [0.25, 0.3) is 0 Å². The predicted octanol–water partition coefficient (Wildman–Crippen LogP) is 3.18. The minimum atomic E-state index is -0.574. The van der Waals surface area contributed by atoms with E-state index in [1.54, 1.807) is 24.0 Å². The first kappa shape index (κ1) is 18.9. The van der Waals surface area contributed by atoms with Gasteiger partial charge < -0.3 is 9.47 Å². The summed E-state index contributed by atoms with van der Waals surface area (Å²) in [5, 5.41) is 1.20. The van der Waals surface area contributed by atoms with Crippen LogP contribution in [-0.4, -0.2) is 48.0 Å². The van der Waals surface area contributed by atoms with Crippen molar-refractivity contribution in [2.75, 3.05) is 26.1 Å². The fourth-order valence-electron chi connectivity index (χ4n) is 2.91. The van der Waals surface area contributed by atoms with Crippen LogP contribution in [0.4, 0.5) is 0 Å². The van der Waals surface area contributed by atoms with Crippen molar-refractivity contribution in [3.05, 3.63) is 46.1 Å². The van der Waals surface area contributed by atoms with Crippen molar-refractivity contribution < 1.29 is 19.1 Å². The zero-order valence-electron chi connectivity index (χ0n) is 14.5. The first-order valence-corrected chi connectivity index (χ1v) is 9.55. The Morgan fingerprint density at radius 3 is 2.77 bits per heavy atom. The molecule has 0 N–H and O–H groups in total. The number of thioether (sulfide) groups is 1. The van der Waals surface area contributed by atoms with E-state index in [9.17, 15) is 9.59 Å². The highest BCUT2D eigenvalue weighted by Crippen LogP contribution is 2.40. The average Bonchev–Trinajstić information content (AvgIpc) is 2.61. The molecule has 0 radical (unpaired) electrons. The number of benzene rings is 1. The van der Waals surface area contributed by atoms with Gasteiger partial charge in [-0.25, -0.2) is 9.79 Å². The van der Waals surface area contributed by atoms with E-state index in [4.69, 9.17) is 21.1 Å². The van der Waals surface area contributed by atoms with Gasteiger partial charge in [-0.15, -0.1) is 0 Å². The Bertz CT molecular complexity index is 776. The first-order chi connectivity index (χ1) is 12.5. The molecule has 26 heavy (non-hydrogen) atoms. The van der Waals surface area contributed by atoms with Gasteiger partial charge in [-0.1, -0.05) is 35.5 Å². The molecule has 3 rings (SSSR count). The standard InChI is InChI=1S/C18H19ClN2O4S/c1-11-15(17(23)25-9-8-24-2)16(12-3-5-13(19)6-4-12)21-14(22)7-10-26-18(21)20-11/h3-6,16H,7-10H2,1-2H3/t16-/m1/s1. The van der Waals surface area contributed by atoms with Crippen LogP contribution in [0.5, 0.6) is 0 Å². The zero-order chi connectivity index (χ0) is 18.7. The van der Waals surface area contributed by atoms with Gasteiger partial charge in [-0.05, 0) is 24.6 Å². The van der Waals surface area contributed by atoms with Gasteiger partial charge in [-0.3, -0.25) is 9.69 Å². The second-order valence-corrected chi connectivity index (χ2v) is 7.34. The molecule has 1 amide bonds. The van der Waals surface area contributed by atoms with E-state index in [0.717, 1.165) is 5.56 Å². The van der Waals surface area contributed by atoms with Crippen LogP contribution in [0.15, 0.2) is 40.5 Å². The summed E-state index contributed by atoms with van der Waals surface area (Å²) >= 11 is 7.52. The molecule has 2 aliphatic heterocycles. The van der Waals surface area contributed by atoms with Gasteiger partial charge in [0.2, 0.25) is 5.91 Å². The smallest absolute Gasteiger partial charge is 0.338 e. The molecule has 1 aromatic rings. The highest BCUT2D eigenvalue weighted by Gasteiger charge is 2.41. The molecule has 0 aliphatic carbocycles. The molecule has 138 valence electrons. The molecule has 0 aromatic heterocycles. The molecule has 1 aromatic carbocycles. The fraction of sp³-hybridized carbons (Fsp3) is 0.389. The summed E-state index contributed by atoms with van der Waals surface area (Å²) in [4.78, 5) is 31.4. The van der Waals surface area contributed by atoms with E-state index in [0.29, 0.717) is 40.2 Å². The van der Waals surface area contributed by atoms with Gasteiger partial charge in [0.05, 0.1) is 23.9 Å². The van der Waals surface area contributed by atoms with Crippen LogP contribution in [0.3, 0.4) is 0 Å². The third-order valence-electron chi connectivity index (χ3n) is 4.13. The summed E-state index contributed by atoms with van der Waals surface area (Å²) in [5.41, 5.74) is 1.71. The van der Waals surface area contributed by atoms with E-state index in [-0.39, 0.29) is 12.5 Å². The zero-order valence-corrected chi connectivity index (χ0v) is 16.1. The van der Waals surface area contributed by atoms with Crippen molar-refractivity contribution in [1.29, 1.82) is 0 Å². The highest BCUT2D eigenvalue weighted by molar-refractivity contribution is 8.14. The third kappa shape index (κ3) is 3.79. The Hall–Kier alpha value is -1.83. The number of halogens is 1. The number of hydrogen-bond acceptors (Lipinski definition) is 6. The van der Waals surface area contributed by atoms with Crippen LogP contribution in [0.1, 0.15) is 24.9 Å². The van der Waals surface area contributed by atoms with E-state index in [2.05, 4.69) is 4.99 Å². The van der Waals surface area contributed by atoms with Crippen LogP contribution in [-0.2, 0) is 19.1 Å². The lowest BCUT2D eigenvalue weighted by Gasteiger charge is -2.38. The quantitative estimate of drug-likeness (QED) is 0.566. The lowest BCUT2D eigenvalue weighted by Crippen LogP contribution is -2.45. The Morgan fingerprint density at radius 1 is 1.35 bits per heavy atom. The van der Waals surface area contributed by atoms with Gasteiger partial charge in [0.1, 0.15) is 6.61 Å². The van der Waals surface area contributed by atoms with Gasteiger partial charge in [-0.2, -0.15) is 0 Å². The Balaban J connectivity index is 2.03. The maximum Gasteiger partial charge on any atom is 0.338 e. The van der Waals surface area contributed by atoms with Crippen molar-refractivity contribution in [2.24, 2.45) is 4.99 Å². The van der Waals surface area contributed by atoms with E-state index in [1.165, 1.54) is 18.9 Å². The van der Waals surface area contributed by atoms with Gasteiger partial charge in [0, 0.05) is 24.3 Å². The Morgan fingerprint density at radius 2 is 2.08 bits per heavy atom. The molecule has 8 heteroatoms. The number of amides is 1. The van der Waals surface area contributed by atoms with Crippen LogP contribution >= 0.6 is 23.4 Å². The topological polar surface area (TPSA) is 68.2 Å². The normalized spacial score (nSPS) is 20.0. The lowest BCUT2D eigenvalue weighted by atomic mass is 9.94. The van der Waals surface area contributed by atoms with Gasteiger partial charge in [0.15, 0.2) is 5.17 Å². The molecule has 0 unspecified atom stereocenters. The monoisotopic (exact) mass is 394 g/mol. The Labute approximate surface area is 161 Å². The number of nitrogens with zero attached hydrogens (tertiary/aromatic N) is 2. The number of esters is 1. The van der Waals surface area contributed by atoms with E-state index < -0.39 is 12.0 Å². The molecular formula is C18H19ClN2O4S. The number of aliphatic imine (C=N–C) groups is 1. The maximum absolute atomic E-state index is 12.7. The summed E-state index contributed by atoms with van der Waals surface area (Å²) in [5.74, 6) is 0.130. The van der Waals surface area contributed by atoms with Crippen molar-refractivity contribution in [1.82, 2.24) is 4.90 Å². The first-order valence-electron chi connectivity index (χ1n) is 8.18. The summed E-state index contributed by atoms with van der Waals surface area (Å²) in [7, 11) is 1.54. The van der Waals surface area contributed by atoms with Gasteiger partial charge in [0.25, 0.3) is 0 Å². The highest BCUT2D eigenvalue weighted by atomic mass is 35.5. The molecule has 1 saturated heterocycles. The summed E-state index contributed by atoms with van der Waals surface area (Å²) in [6.07, 6.45) is 0.402. The number of carbonyl (C=O) groups is 2. The summed E-state index contributed by atoms with van der Waals surface area (Å²) < 4.78 is 10.3. The maximum atomic E-state index is 12.7. The van der Waals surface area contributed by atoms with E-state index >= 15 is 0 Å². The second-order valence-electron chi connectivity index (χ2n) is 5.84. The van der Waals surface area contributed by atoms with Crippen LogP contribution in [0, 0.1) is 0 Å². The second kappa shape index (κ2) is 8.24. The number of ether oxygens (including phenoxy) is 2. The lowest BCUT2D eigenvalue weighted by molar-refractivity contribution is -0.141. The molecular weight excluding hydrogens is 376 g/mol.